The highest BCUT2D eigenvalue weighted by atomic mass is 35.5. The molecule has 0 atom stereocenters. The van der Waals surface area contributed by atoms with E-state index < -0.39 is 22.8 Å². The zero-order chi connectivity index (χ0) is 24.7. The van der Waals surface area contributed by atoms with E-state index >= 15 is 0 Å². The molecule has 2 aromatic heterocycles. The molecule has 0 saturated carbocycles. The monoisotopic (exact) mass is 509 g/mol. The molecule has 3 aromatic carbocycles. The van der Waals surface area contributed by atoms with E-state index in [-0.39, 0.29) is 22.4 Å². The van der Waals surface area contributed by atoms with Gasteiger partial charge in [-0.3, -0.25) is 4.79 Å². The van der Waals surface area contributed by atoms with E-state index in [1.807, 2.05) is 0 Å². The molecule has 0 radical (unpaired) electrons. The second kappa shape index (κ2) is 9.13. The summed E-state index contributed by atoms with van der Waals surface area (Å²) >= 11 is 7.15. The number of hydrogen-bond acceptors (Lipinski definition) is 6. The number of aromatic nitrogens is 1. The Balaban J connectivity index is 1.79. The maximum atomic E-state index is 13.7. The Morgan fingerprint density at radius 2 is 1.83 bits per heavy atom. The first-order chi connectivity index (χ1) is 16.9. The van der Waals surface area contributed by atoms with Crippen LogP contribution >= 0.6 is 23.4 Å². The molecular formula is C26H17ClFNO5S. The number of rotatable bonds is 5. The smallest absolute Gasteiger partial charge is 0.354 e. The molecular weight excluding hydrogens is 493 g/mol. The summed E-state index contributed by atoms with van der Waals surface area (Å²) in [6.45, 7) is 0.0828. The minimum atomic E-state index is -0.794. The number of hydrogen-bond donors (Lipinski definition) is 1. The van der Waals surface area contributed by atoms with Crippen molar-refractivity contribution in [3.05, 3.63) is 104 Å². The Kier molecular flexibility index (Phi) is 6.00. The van der Waals surface area contributed by atoms with Gasteiger partial charge < -0.3 is 18.8 Å². The largest absolute Gasteiger partial charge is 0.505 e. The van der Waals surface area contributed by atoms with Crippen LogP contribution in [0.3, 0.4) is 0 Å². The summed E-state index contributed by atoms with van der Waals surface area (Å²) in [4.78, 5) is 27.0. The molecule has 0 amide bonds. The van der Waals surface area contributed by atoms with Gasteiger partial charge in [-0.2, -0.15) is 0 Å². The van der Waals surface area contributed by atoms with Crippen LogP contribution in [0.15, 0.2) is 90.5 Å². The first-order valence-corrected chi connectivity index (χ1v) is 11.6. The van der Waals surface area contributed by atoms with Gasteiger partial charge >= 0.3 is 5.63 Å². The summed E-state index contributed by atoms with van der Waals surface area (Å²) < 4.78 is 25.7. The van der Waals surface area contributed by atoms with Crippen LogP contribution in [0.2, 0.25) is 5.02 Å². The Hall–Kier alpha value is -3.75. The maximum Gasteiger partial charge on any atom is 0.354 e. The van der Waals surface area contributed by atoms with Crippen LogP contribution in [0.5, 0.6) is 11.5 Å². The molecule has 0 unspecified atom stereocenters. The van der Waals surface area contributed by atoms with E-state index in [1.165, 1.54) is 23.8 Å². The molecule has 0 aliphatic heterocycles. The van der Waals surface area contributed by atoms with Crippen LogP contribution < -0.4 is 15.9 Å². The molecule has 0 spiro atoms. The van der Waals surface area contributed by atoms with Crippen molar-refractivity contribution in [2.45, 2.75) is 16.3 Å². The second-order valence-electron chi connectivity index (χ2n) is 7.70. The topological polar surface area (TPSA) is 81.7 Å². The lowest BCUT2D eigenvalue weighted by Crippen LogP contribution is -2.23. The van der Waals surface area contributed by atoms with Gasteiger partial charge in [0.25, 0.3) is 5.56 Å². The van der Waals surface area contributed by atoms with Crippen LogP contribution in [-0.4, -0.2) is 16.8 Å². The maximum absolute atomic E-state index is 13.7. The van der Waals surface area contributed by atoms with Gasteiger partial charge in [-0.1, -0.05) is 47.6 Å². The Labute approximate surface area is 207 Å². The number of para-hydroxylation sites is 1. The van der Waals surface area contributed by atoms with E-state index in [2.05, 4.69) is 0 Å². The Bertz CT molecular complexity index is 1710. The van der Waals surface area contributed by atoms with Crippen molar-refractivity contribution in [2.75, 3.05) is 7.11 Å². The van der Waals surface area contributed by atoms with Crippen molar-refractivity contribution < 1.29 is 18.7 Å². The minimum absolute atomic E-state index is 0.0381. The fraction of sp³-hybridized carbons (Fsp3) is 0.0769. The molecule has 176 valence electrons. The van der Waals surface area contributed by atoms with Crippen LogP contribution in [0.1, 0.15) is 5.56 Å². The molecule has 9 heteroatoms. The number of aromatic hydroxyl groups is 1. The molecule has 1 N–H and O–H groups in total. The lowest BCUT2D eigenvalue weighted by atomic mass is 10.1. The summed E-state index contributed by atoms with van der Waals surface area (Å²) in [5.74, 6) is -0.384. The molecule has 0 fully saturated rings. The summed E-state index contributed by atoms with van der Waals surface area (Å²) in [5.41, 5.74) is -0.342. The highest BCUT2D eigenvalue weighted by molar-refractivity contribution is 7.99. The number of methoxy groups -OCH3 is 1. The van der Waals surface area contributed by atoms with Crippen LogP contribution in [-0.2, 0) is 6.54 Å². The lowest BCUT2D eigenvalue weighted by molar-refractivity contribution is 0.404. The number of halogens is 2. The van der Waals surface area contributed by atoms with Gasteiger partial charge in [-0.25, -0.2) is 9.18 Å². The fourth-order valence-corrected chi connectivity index (χ4v) is 5.00. The summed E-state index contributed by atoms with van der Waals surface area (Å²) in [5, 5.41) is 11.8. The first-order valence-electron chi connectivity index (χ1n) is 10.4. The summed E-state index contributed by atoms with van der Waals surface area (Å²) in [7, 11) is 1.49. The van der Waals surface area contributed by atoms with Gasteiger partial charge in [0.1, 0.15) is 21.8 Å². The molecule has 0 aliphatic carbocycles. The normalized spacial score (nSPS) is 11.3. The van der Waals surface area contributed by atoms with E-state index in [1.54, 1.807) is 54.6 Å². The first kappa shape index (κ1) is 23.0. The third-order valence-corrected chi connectivity index (χ3v) is 6.90. The van der Waals surface area contributed by atoms with Crippen molar-refractivity contribution in [2.24, 2.45) is 0 Å². The summed E-state index contributed by atoms with van der Waals surface area (Å²) in [6, 6.07) is 17.5. The second-order valence-corrected chi connectivity index (χ2v) is 9.19. The van der Waals surface area contributed by atoms with E-state index in [4.69, 9.17) is 20.8 Å². The molecule has 5 rings (SSSR count). The Morgan fingerprint density at radius 1 is 1.09 bits per heavy atom. The molecule has 5 aromatic rings. The number of fused-ring (bicyclic) bond motifs is 3. The molecule has 0 aliphatic rings. The Morgan fingerprint density at radius 3 is 2.57 bits per heavy atom. The fourth-order valence-electron chi connectivity index (χ4n) is 3.89. The van der Waals surface area contributed by atoms with Crippen molar-refractivity contribution in [1.82, 2.24) is 4.57 Å². The molecule has 2 heterocycles. The average Bonchev–Trinajstić information content (AvgIpc) is 2.85. The van der Waals surface area contributed by atoms with E-state index in [0.29, 0.717) is 32.1 Å². The summed E-state index contributed by atoms with van der Waals surface area (Å²) in [6.07, 6.45) is 0. The molecule has 35 heavy (non-hydrogen) atoms. The van der Waals surface area contributed by atoms with Gasteiger partial charge in [-0.05, 0) is 48.0 Å². The zero-order valence-electron chi connectivity index (χ0n) is 18.2. The van der Waals surface area contributed by atoms with E-state index in [9.17, 15) is 19.1 Å². The van der Waals surface area contributed by atoms with Crippen LogP contribution in [0.4, 0.5) is 4.39 Å². The number of nitrogens with zero attached hydrogens (tertiary/aromatic N) is 1. The quantitative estimate of drug-likeness (QED) is 0.301. The van der Waals surface area contributed by atoms with Crippen LogP contribution in [0, 0.1) is 5.82 Å². The van der Waals surface area contributed by atoms with Crippen molar-refractivity contribution in [1.29, 1.82) is 0 Å². The van der Waals surface area contributed by atoms with Gasteiger partial charge in [0.05, 0.1) is 24.1 Å². The predicted molar refractivity (Wildman–Crippen MR) is 134 cm³/mol. The molecule has 0 saturated heterocycles. The van der Waals surface area contributed by atoms with Crippen molar-refractivity contribution >= 4 is 45.2 Å². The molecule has 0 bridgehead atoms. The molecule has 6 nitrogen and oxygen atoms in total. The number of benzene rings is 3. The standard InChI is InChI=1S/C26H17ClFNO5S/c1-33-19-4-2-3-5-20(19)35-24-22(30)21-23(34-26(24)32)17-11-8-15(27)12-18(17)29(25(21)31)13-14-6-9-16(28)10-7-14/h2-12,30H,13H2,1H3. The number of ether oxygens (including phenoxy) is 1. The highest BCUT2D eigenvalue weighted by Crippen LogP contribution is 2.40. The third-order valence-electron chi connectivity index (χ3n) is 5.55. The van der Waals surface area contributed by atoms with Crippen molar-refractivity contribution in [3.63, 3.8) is 0 Å². The average molecular weight is 510 g/mol. The SMILES string of the molecule is COc1ccccc1Sc1c(O)c2c(=O)n(Cc3ccc(F)cc3)c3cc(Cl)ccc3c2oc1=O. The van der Waals surface area contributed by atoms with Gasteiger partial charge in [0.2, 0.25) is 0 Å². The zero-order valence-corrected chi connectivity index (χ0v) is 19.8. The highest BCUT2D eigenvalue weighted by Gasteiger charge is 2.23. The van der Waals surface area contributed by atoms with Gasteiger partial charge in [0.15, 0.2) is 11.3 Å². The van der Waals surface area contributed by atoms with Gasteiger partial charge in [-0.15, -0.1) is 0 Å². The van der Waals surface area contributed by atoms with E-state index in [0.717, 1.165) is 11.8 Å². The third kappa shape index (κ3) is 4.15. The minimum Gasteiger partial charge on any atom is -0.505 e. The van der Waals surface area contributed by atoms with Gasteiger partial charge in [0, 0.05) is 10.4 Å². The lowest BCUT2D eigenvalue weighted by Gasteiger charge is -2.15. The predicted octanol–water partition coefficient (Wildman–Crippen LogP) is 5.81. The van der Waals surface area contributed by atoms with Crippen molar-refractivity contribution in [3.8, 4) is 11.5 Å². The van der Waals surface area contributed by atoms with Crippen LogP contribution in [0.25, 0.3) is 21.9 Å². The number of pyridine rings is 1.